The molecule has 0 aliphatic heterocycles. The van der Waals surface area contributed by atoms with E-state index >= 15 is 0 Å². The van der Waals surface area contributed by atoms with Crippen LogP contribution >= 0.6 is 11.6 Å². The van der Waals surface area contributed by atoms with E-state index in [0.29, 0.717) is 24.1 Å². The van der Waals surface area contributed by atoms with Crippen molar-refractivity contribution in [1.29, 1.82) is 0 Å². The fraction of sp³-hybridized carbons (Fsp3) is 0.636. The lowest BCUT2D eigenvalue weighted by Crippen LogP contribution is -2.28. The maximum Gasteiger partial charge on any atom is 0.276 e. The van der Waals surface area contributed by atoms with Crippen molar-refractivity contribution in [1.82, 2.24) is 4.31 Å². The van der Waals surface area contributed by atoms with Crippen LogP contribution in [0.2, 0.25) is 0 Å². The van der Waals surface area contributed by atoms with Gasteiger partial charge in [0.15, 0.2) is 0 Å². The third-order valence-electron chi connectivity index (χ3n) is 3.20. The Morgan fingerprint density at radius 3 is 2.65 bits per heavy atom. The molecule has 0 saturated heterocycles. The molecule has 0 radical (unpaired) electrons. The van der Waals surface area contributed by atoms with Crippen LogP contribution in [0.5, 0.6) is 0 Å². The summed E-state index contributed by atoms with van der Waals surface area (Å²) in [4.78, 5) is 0. The average Bonchev–Trinajstić information content (AvgIpc) is 2.83. The highest BCUT2D eigenvalue weighted by Gasteiger charge is 2.36. The summed E-state index contributed by atoms with van der Waals surface area (Å²) in [6.45, 7) is 2.68. The number of hydrogen-bond donors (Lipinski definition) is 0. The molecular weight excluding hydrogens is 262 g/mol. The van der Waals surface area contributed by atoms with Gasteiger partial charge < -0.3 is 4.42 Å². The van der Waals surface area contributed by atoms with Gasteiger partial charge in [-0.25, -0.2) is 8.42 Å². The molecule has 0 N–H and O–H groups in total. The minimum atomic E-state index is -3.50. The van der Waals surface area contributed by atoms with E-state index in [1.807, 2.05) is 0 Å². The molecule has 0 amide bonds. The quantitative estimate of drug-likeness (QED) is 0.776. The molecule has 2 unspecified atom stereocenters. The summed E-state index contributed by atoms with van der Waals surface area (Å²) < 4.78 is 30.8. The number of halogens is 1. The number of sulfonamides is 1. The van der Waals surface area contributed by atoms with Crippen LogP contribution in [-0.4, -0.2) is 26.3 Å². The molecule has 1 aliphatic rings. The van der Waals surface area contributed by atoms with Crippen LogP contribution in [0.1, 0.15) is 19.1 Å². The van der Waals surface area contributed by atoms with Crippen LogP contribution < -0.4 is 0 Å². The zero-order chi connectivity index (χ0) is 12.6. The minimum Gasteiger partial charge on any atom is -0.447 e. The largest absolute Gasteiger partial charge is 0.447 e. The lowest BCUT2D eigenvalue weighted by Gasteiger charge is -2.14. The normalized spacial score (nSPS) is 24.2. The zero-order valence-corrected chi connectivity index (χ0v) is 11.5. The van der Waals surface area contributed by atoms with Gasteiger partial charge in [-0.2, -0.15) is 4.31 Å². The molecule has 0 bridgehead atoms. The maximum absolute atomic E-state index is 12.1. The van der Waals surface area contributed by atoms with Crippen LogP contribution in [0.4, 0.5) is 0 Å². The molecule has 1 aromatic heterocycles. The van der Waals surface area contributed by atoms with Gasteiger partial charge in [0.05, 0.1) is 5.88 Å². The third-order valence-corrected chi connectivity index (χ3v) is 5.16. The maximum atomic E-state index is 12.1. The fourth-order valence-electron chi connectivity index (χ4n) is 1.80. The second-order valence-electron chi connectivity index (χ2n) is 4.61. The van der Waals surface area contributed by atoms with E-state index in [0.717, 1.165) is 6.42 Å². The van der Waals surface area contributed by atoms with Gasteiger partial charge in [0.2, 0.25) is 5.09 Å². The SMILES string of the molecule is CC1CC1CN(C)S(=O)(=O)c1ccc(CCl)o1. The predicted molar refractivity (Wildman–Crippen MR) is 65.4 cm³/mol. The lowest BCUT2D eigenvalue weighted by atomic mass is 10.3. The topological polar surface area (TPSA) is 50.5 Å². The van der Waals surface area contributed by atoms with E-state index in [2.05, 4.69) is 6.92 Å². The first-order valence-corrected chi connectivity index (χ1v) is 7.53. The molecule has 1 aliphatic carbocycles. The molecule has 17 heavy (non-hydrogen) atoms. The Balaban J connectivity index is 2.11. The highest BCUT2D eigenvalue weighted by atomic mass is 35.5. The first kappa shape index (κ1) is 12.9. The highest BCUT2D eigenvalue weighted by molar-refractivity contribution is 7.89. The zero-order valence-electron chi connectivity index (χ0n) is 9.89. The Bertz CT molecular complexity index is 497. The van der Waals surface area contributed by atoms with Crippen molar-refractivity contribution in [3.8, 4) is 0 Å². The van der Waals surface area contributed by atoms with Gasteiger partial charge in [0, 0.05) is 13.6 Å². The molecule has 96 valence electrons. The van der Waals surface area contributed by atoms with Crippen LogP contribution in [0.3, 0.4) is 0 Å². The van der Waals surface area contributed by atoms with E-state index in [1.165, 1.54) is 10.4 Å². The summed E-state index contributed by atoms with van der Waals surface area (Å²) in [5.74, 6) is 1.76. The summed E-state index contributed by atoms with van der Waals surface area (Å²) in [5, 5.41) is -0.0241. The number of hydrogen-bond acceptors (Lipinski definition) is 3. The summed E-state index contributed by atoms with van der Waals surface area (Å²) in [5.41, 5.74) is 0. The summed E-state index contributed by atoms with van der Waals surface area (Å²) >= 11 is 5.58. The number of furan rings is 1. The van der Waals surface area contributed by atoms with Gasteiger partial charge in [0.1, 0.15) is 5.76 Å². The Labute approximate surface area is 107 Å². The molecular formula is C11H16ClNO3S. The number of nitrogens with zero attached hydrogens (tertiary/aromatic N) is 1. The average molecular weight is 278 g/mol. The van der Waals surface area contributed by atoms with Crippen molar-refractivity contribution in [3.63, 3.8) is 0 Å². The fourth-order valence-corrected chi connectivity index (χ4v) is 3.10. The van der Waals surface area contributed by atoms with Crippen molar-refractivity contribution in [2.45, 2.75) is 24.3 Å². The van der Waals surface area contributed by atoms with E-state index in [9.17, 15) is 8.42 Å². The van der Waals surface area contributed by atoms with Crippen molar-refractivity contribution in [2.24, 2.45) is 11.8 Å². The van der Waals surface area contributed by atoms with E-state index in [4.69, 9.17) is 16.0 Å². The van der Waals surface area contributed by atoms with Gasteiger partial charge in [-0.05, 0) is 30.4 Å². The molecule has 6 heteroatoms. The Morgan fingerprint density at radius 1 is 1.53 bits per heavy atom. The van der Waals surface area contributed by atoms with Crippen molar-refractivity contribution in [2.75, 3.05) is 13.6 Å². The van der Waals surface area contributed by atoms with Crippen molar-refractivity contribution >= 4 is 21.6 Å². The summed E-state index contributed by atoms with van der Waals surface area (Å²) in [6, 6.07) is 3.05. The predicted octanol–water partition coefficient (Wildman–Crippen LogP) is 2.29. The standard InChI is InChI=1S/C11H16ClNO3S/c1-8-5-9(8)7-13(2)17(14,15)11-4-3-10(6-12)16-11/h3-4,8-9H,5-7H2,1-2H3. The second kappa shape index (κ2) is 4.63. The van der Waals surface area contributed by atoms with Gasteiger partial charge in [0.25, 0.3) is 10.0 Å². The molecule has 1 fully saturated rings. The van der Waals surface area contributed by atoms with Crippen LogP contribution in [-0.2, 0) is 15.9 Å². The van der Waals surface area contributed by atoms with E-state index in [1.54, 1.807) is 13.1 Å². The van der Waals surface area contributed by atoms with Gasteiger partial charge in [-0.15, -0.1) is 11.6 Å². The van der Waals surface area contributed by atoms with Crippen molar-refractivity contribution in [3.05, 3.63) is 17.9 Å². The Hall–Kier alpha value is -0.520. The molecule has 2 atom stereocenters. The number of alkyl halides is 1. The summed E-state index contributed by atoms with van der Waals surface area (Å²) in [7, 11) is -1.91. The van der Waals surface area contributed by atoms with Crippen LogP contribution in [0.15, 0.2) is 21.6 Å². The van der Waals surface area contributed by atoms with Crippen molar-refractivity contribution < 1.29 is 12.8 Å². The monoisotopic (exact) mass is 277 g/mol. The second-order valence-corrected chi connectivity index (χ2v) is 6.86. The first-order valence-electron chi connectivity index (χ1n) is 5.56. The molecule has 0 aromatic carbocycles. The highest BCUT2D eigenvalue weighted by Crippen LogP contribution is 2.38. The molecule has 1 heterocycles. The van der Waals surface area contributed by atoms with Crippen LogP contribution in [0, 0.1) is 11.8 Å². The van der Waals surface area contributed by atoms with Gasteiger partial charge in [-0.3, -0.25) is 0 Å². The van der Waals surface area contributed by atoms with E-state index < -0.39 is 10.0 Å². The smallest absolute Gasteiger partial charge is 0.276 e. The Kier molecular flexibility index (Phi) is 3.52. The Morgan fingerprint density at radius 2 is 2.18 bits per heavy atom. The minimum absolute atomic E-state index is 0.0241. The summed E-state index contributed by atoms with van der Waals surface area (Å²) in [6.07, 6.45) is 1.10. The molecule has 0 spiro atoms. The van der Waals surface area contributed by atoms with Gasteiger partial charge in [-0.1, -0.05) is 6.92 Å². The number of rotatable bonds is 5. The molecule has 4 nitrogen and oxygen atoms in total. The van der Waals surface area contributed by atoms with Gasteiger partial charge >= 0.3 is 0 Å². The van der Waals surface area contributed by atoms with E-state index in [-0.39, 0.29) is 11.0 Å². The first-order chi connectivity index (χ1) is 7.95. The molecule has 1 aromatic rings. The lowest BCUT2D eigenvalue weighted by molar-refractivity contribution is 0.387. The molecule has 2 rings (SSSR count). The van der Waals surface area contributed by atoms with Crippen LogP contribution in [0.25, 0.3) is 0 Å². The third kappa shape index (κ3) is 2.67. The molecule has 1 saturated carbocycles.